The van der Waals surface area contributed by atoms with Gasteiger partial charge < -0.3 is 9.84 Å². The molecule has 0 saturated carbocycles. The summed E-state index contributed by atoms with van der Waals surface area (Å²) in [6, 6.07) is 9.85. The van der Waals surface area contributed by atoms with Gasteiger partial charge in [0.1, 0.15) is 11.5 Å². The molecule has 1 N–H and O–H groups in total. The van der Waals surface area contributed by atoms with E-state index in [4.69, 9.17) is 4.74 Å². The molecule has 5 heteroatoms. The van der Waals surface area contributed by atoms with Crippen LogP contribution >= 0.6 is 0 Å². The van der Waals surface area contributed by atoms with E-state index in [9.17, 15) is 18.3 Å². The lowest BCUT2D eigenvalue weighted by molar-refractivity contribution is -0.138. The topological polar surface area (TPSA) is 29.5 Å². The minimum absolute atomic E-state index is 0.00174. The fourth-order valence-electron chi connectivity index (χ4n) is 1.79. The van der Waals surface area contributed by atoms with Crippen LogP contribution in [0, 0.1) is 0 Å². The predicted molar refractivity (Wildman–Crippen MR) is 65.1 cm³/mol. The quantitative estimate of drug-likeness (QED) is 0.889. The van der Waals surface area contributed by atoms with Crippen LogP contribution in [0.1, 0.15) is 5.56 Å². The van der Waals surface area contributed by atoms with Crippen LogP contribution in [0.15, 0.2) is 42.5 Å². The summed E-state index contributed by atoms with van der Waals surface area (Å²) in [6.45, 7) is 0. The van der Waals surface area contributed by atoms with Crippen molar-refractivity contribution in [3.8, 4) is 22.6 Å². The van der Waals surface area contributed by atoms with E-state index in [0.717, 1.165) is 6.07 Å². The third-order valence-corrected chi connectivity index (χ3v) is 2.68. The van der Waals surface area contributed by atoms with Crippen LogP contribution in [0.3, 0.4) is 0 Å². The molecule has 19 heavy (non-hydrogen) atoms. The summed E-state index contributed by atoms with van der Waals surface area (Å²) in [6.07, 6.45) is -4.49. The van der Waals surface area contributed by atoms with Crippen LogP contribution in [0.25, 0.3) is 11.1 Å². The van der Waals surface area contributed by atoms with Crippen molar-refractivity contribution in [2.24, 2.45) is 0 Å². The first-order valence-corrected chi connectivity index (χ1v) is 5.46. The van der Waals surface area contributed by atoms with E-state index >= 15 is 0 Å². The van der Waals surface area contributed by atoms with Gasteiger partial charge in [0.2, 0.25) is 0 Å². The molecule has 0 aliphatic rings. The van der Waals surface area contributed by atoms with Gasteiger partial charge in [0.25, 0.3) is 0 Å². The Kier molecular flexibility index (Phi) is 3.38. The normalized spacial score (nSPS) is 11.4. The van der Waals surface area contributed by atoms with Crippen molar-refractivity contribution >= 4 is 0 Å². The zero-order valence-corrected chi connectivity index (χ0v) is 10.0. The average Bonchev–Trinajstić information content (AvgIpc) is 2.37. The molecule has 2 aromatic rings. The van der Waals surface area contributed by atoms with Gasteiger partial charge in [0.05, 0.1) is 12.7 Å². The van der Waals surface area contributed by atoms with Crippen LogP contribution < -0.4 is 4.74 Å². The van der Waals surface area contributed by atoms with E-state index in [1.165, 1.54) is 31.4 Å². The maximum absolute atomic E-state index is 12.9. The van der Waals surface area contributed by atoms with Gasteiger partial charge in [0.15, 0.2) is 0 Å². The summed E-state index contributed by atoms with van der Waals surface area (Å²) >= 11 is 0. The Balaban J connectivity index is 2.55. The lowest BCUT2D eigenvalue weighted by Gasteiger charge is -2.13. The summed E-state index contributed by atoms with van der Waals surface area (Å²) in [7, 11) is 1.19. The first-order valence-electron chi connectivity index (χ1n) is 5.46. The Morgan fingerprint density at radius 2 is 1.68 bits per heavy atom. The number of halogens is 3. The third kappa shape index (κ3) is 2.81. The highest BCUT2D eigenvalue weighted by molar-refractivity contribution is 5.67. The van der Waals surface area contributed by atoms with E-state index < -0.39 is 11.7 Å². The number of hydrogen-bond acceptors (Lipinski definition) is 2. The Bertz CT molecular complexity index is 591. The molecule has 0 bridgehead atoms. The first kappa shape index (κ1) is 13.3. The summed E-state index contributed by atoms with van der Waals surface area (Å²) in [5, 5.41) is 9.36. The second kappa shape index (κ2) is 4.84. The molecule has 0 fully saturated rings. The molecule has 2 nitrogen and oxygen atoms in total. The molecule has 0 aromatic heterocycles. The summed E-state index contributed by atoms with van der Waals surface area (Å²) in [5.41, 5.74) is 0.0352. The van der Waals surface area contributed by atoms with Gasteiger partial charge in [-0.25, -0.2) is 0 Å². The largest absolute Gasteiger partial charge is 0.508 e. The Labute approximate surface area is 108 Å². The van der Waals surface area contributed by atoms with Crippen molar-refractivity contribution in [1.82, 2.24) is 0 Å². The van der Waals surface area contributed by atoms with Crippen LogP contribution in [-0.4, -0.2) is 12.2 Å². The van der Waals surface area contributed by atoms with E-state index in [2.05, 4.69) is 0 Å². The Hall–Kier alpha value is -2.17. The van der Waals surface area contributed by atoms with Crippen LogP contribution in [0.4, 0.5) is 13.2 Å². The van der Waals surface area contributed by atoms with Crippen molar-refractivity contribution in [2.45, 2.75) is 6.18 Å². The van der Waals surface area contributed by atoms with Crippen molar-refractivity contribution in [2.75, 3.05) is 7.11 Å². The molecule has 100 valence electrons. The van der Waals surface area contributed by atoms with Crippen molar-refractivity contribution < 1.29 is 23.0 Å². The molecule has 0 saturated heterocycles. The van der Waals surface area contributed by atoms with Gasteiger partial charge in [-0.1, -0.05) is 18.2 Å². The second-order valence-electron chi connectivity index (χ2n) is 3.96. The molecule has 2 aromatic carbocycles. The molecule has 0 aliphatic carbocycles. The van der Waals surface area contributed by atoms with Crippen LogP contribution in [0.5, 0.6) is 11.5 Å². The van der Waals surface area contributed by atoms with E-state index in [0.29, 0.717) is 11.1 Å². The molecule has 0 atom stereocenters. The minimum Gasteiger partial charge on any atom is -0.508 e. The highest BCUT2D eigenvalue weighted by Gasteiger charge is 2.34. The van der Waals surface area contributed by atoms with Crippen molar-refractivity contribution in [3.05, 3.63) is 48.0 Å². The molecule has 0 spiro atoms. The predicted octanol–water partition coefficient (Wildman–Crippen LogP) is 4.09. The van der Waals surface area contributed by atoms with Crippen LogP contribution in [-0.2, 0) is 6.18 Å². The van der Waals surface area contributed by atoms with E-state index in [1.54, 1.807) is 12.1 Å². The number of methoxy groups -OCH3 is 1. The first-order chi connectivity index (χ1) is 8.91. The van der Waals surface area contributed by atoms with Crippen molar-refractivity contribution in [3.63, 3.8) is 0 Å². The van der Waals surface area contributed by atoms with Gasteiger partial charge in [-0.05, 0) is 35.4 Å². The zero-order chi connectivity index (χ0) is 14.0. The fraction of sp³-hybridized carbons (Fsp3) is 0.143. The van der Waals surface area contributed by atoms with Gasteiger partial charge in [-0.3, -0.25) is 0 Å². The van der Waals surface area contributed by atoms with E-state index in [-0.39, 0.29) is 11.5 Å². The van der Waals surface area contributed by atoms with Gasteiger partial charge in [-0.2, -0.15) is 13.2 Å². The lowest BCUT2D eigenvalue weighted by Crippen LogP contribution is -2.07. The van der Waals surface area contributed by atoms with E-state index in [1.807, 2.05) is 0 Å². The number of alkyl halides is 3. The zero-order valence-electron chi connectivity index (χ0n) is 10.0. The van der Waals surface area contributed by atoms with Gasteiger partial charge >= 0.3 is 6.18 Å². The number of ether oxygens (including phenoxy) is 1. The monoisotopic (exact) mass is 268 g/mol. The average molecular weight is 268 g/mol. The number of rotatable bonds is 2. The minimum atomic E-state index is -4.49. The maximum Gasteiger partial charge on any atom is 0.419 e. The van der Waals surface area contributed by atoms with Gasteiger partial charge in [-0.15, -0.1) is 0 Å². The number of phenolic OH excluding ortho intramolecular Hbond substituents is 1. The second-order valence-corrected chi connectivity index (χ2v) is 3.96. The maximum atomic E-state index is 12.9. The number of aromatic hydroxyl groups is 1. The molecule has 0 amide bonds. The van der Waals surface area contributed by atoms with Crippen LogP contribution in [0.2, 0.25) is 0 Å². The number of benzene rings is 2. The number of phenols is 1. The molecule has 2 rings (SSSR count). The fourth-order valence-corrected chi connectivity index (χ4v) is 1.79. The van der Waals surface area contributed by atoms with Crippen molar-refractivity contribution in [1.29, 1.82) is 0 Å². The highest BCUT2D eigenvalue weighted by Crippen LogP contribution is 2.38. The summed E-state index contributed by atoms with van der Waals surface area (Å²) < 4.78 is 43.4. The van der Waals surface area contributed by atoms with Gasteiger partial charge in [0, 0.05) is 0 Å². The highest BCUT2D eigenvalue weighted by atomic mass is 19.4. The third-order valence-electron chi connectivity index (χ3n) is 2.68. The standard InChI is InChI=1S/C14H11F3O2/c1-19-13-6-5-10(8-12(13)14(15,16)17)9-3-2-4-11(18)7-9/h2-8,18H,1H3. The Morgan fingerprint density at radius 1 is 1.00 bits per heavy atom. The Morgan fingerprint density at radius 3 is 2.26 bits per heavy atom. The molecule has 0 unspecified atom stereocenters. The molecular weight excluding hydrogens is 257 g/mol. The number of hydrogen-bond donors (Lipinski definition) is 1. The SMILES string of the molecule is COc1ccc(-c2cccc(O)c2)cc1C(F)(F)F. The molecule has 0 aliphatic heterocycles. The molecule has 0 radical (unpaired) electrons. The molecule has 0 heterocycles. The molecular formula is C14H11F3O2. The summed E-state index contributed by atoms with van der Waals surface area (Å²) in [5.74, 6) is -0.224. The smallest absolute Gasteiger partial charge is 0.419 e. The summed E-state index contributed by atoms with van der Waals surface area (Å²) in [4.78, 5) is 0. The lowest BCUT2D eigenvalue weighted by atomic mass is 10.0.